The molecule has 228 valence electrons. The van der Waals surface area contributed by atoms with Gasteiger partial charge in [-0.2, -0.15) is 0 Å². The van der Waals surface area contributed by atoms with Gasteiger partial charge in [0.15, 0.2) is 11.4 Å². The molecule has 7 N–H and O–H groups in total. The summed E-state index contributed by atoms with van der Waals surface area (Å²) in [5.41, 5.74) is 1.17. The molecule has 6 unspecified atom stereocenters. The standard InChI is InChI=1S/C31H29N3O10/c1-11-13-9-8-12(10-34-29(42)14-6-4-5-7-15(14)30(34)43)22(35)17(13)23(36)18-16(11)24(37)20-21(33(2)3)25(38)19(28(32)41)27(40)31(20,44)26(18)39/h4-9,11,16,20-21,24,35,37-39,44H,10H2,1-3H3,(H2,32,41). The second kappa shape index (κ2) is 9.58. The fourth-order valence-electron chi connectivity index (χ4n) is 7.35. The van der Waals surface area contributed by atoms with Crippen molar-refractivity contribution >= 4 is 29.3 Å². The highest BCUT2D eigenvalue weighted by Crippen LogP contribution is 2.55. The summed E-state index contributed by atoms with van der Waals surface area (Å²) in [5.74, 6) is -11.2. The number of rotatable bonds is 4. The molecule has 13 nitrogen and oxygen atoms in total. The molecule has 44 heavy (non-hydrogen) atoms. The Morgan fingerprint density at radius 1 is 1.00 bits per heavy atom. The number of amides is 3. The van der Waals surface area contributed by atoms with E-state index in [0.29, 0.717) is 0 Å². The highest BCUT2D eigenvalue weighted by atomic mass is 16.4. The molecule has 4 aliphatic rings. The number of likely N-dealkylation sites (N-methyl/N-ethyl adjacent to an activating group) is 1. The lowest BCUT2D eigenvalue weighted by atomic mass is 9.55. The van der Waals surface area contributed by atoms with E-state index in [9.17, 15) is 49.5 Å². The molecule has 3 amide bonds. The predicted octanol–water partition coefficient (Wildman–Crippen LogP) is 0.449. The van der Waals surface area contributed by atoms with Crippen LogP contribution < -0.4 is 5.73 Å². The van der Waals surface area contributed by atoms with Gasteiger partial charge in [-0.15, -0.1) is 0 Å². The number of fused-ring (bicyclic) bond motifs is 4. The number of ketones is 2. The Kier molecular flexibility index (Phi) is 6.36. The second-order valence-corrected chi connectivity index (χ2v) is 11.8. The van der Waals surface area contributed by atoms with Crippen LogP contribution in [-0.2, 0) is 16.1 Å². The van der Waals surface area contributed by atoms with Crippen LogP contribution in [0, 0.1) is 11.8 Å². The number of benzene rings is 2. The topological polar surface area (TPSA) is 219 Å². The monoisotopic (exact) mass is 603 g/mol. The minimum absolute atomic E-state index is 0.0376. The summed E-state index contributed by atoms with van der Waals surface area (Å²) in [6, 6.07) is 7.81. The molecule has 0 fully saturated rings. The minimum Gasteiger partial charge on any atom is -0.510 e. The maximum Gasteiger partial charge on any atom is 0.261 e. The van der Waals surface area contributed by atoms with Crippen LogP contribution >= 0.6 is 0 Å². The second-order valence-electron chi connectivity index (χ2n) is 11.8. The number of nitrogens with zero attached hydrogens (tertiary/aromatic N) is 2. The van der Waals surface area contributed by atoms with Gasteiger partial charge in [0.25, 0.3) is 17.7 Å². The highest BCUT2D eigenvalue weighted by molar-refractivity contribution is 6.25. The third kappa shape index (κ3) is 3.54. The third-order valence-electron chi connectivity index (χ3n) is 9.42. The van der Waals surface area contributed by atoms with Crippen molar-refractivity contribution in [1.82, 2.24) is 9.80 Å². The number of carbonyl (C=O) groups is 5. The molecule has 6 rings (SSSR count). The highest BCUT2D eigenvalue weighted by Gasteiger charge is 2.67. The number of Topliss-reactive ketones (excluding diaryl/α,β-unsaturated/α-hetero) is 2. The lowest BCUT2D eigenvalue weighted by Gasteiger charge is -2.53. The molecule has 1 heterocycles. The molecule has 1 aliphatic heterocycles. The van der Waals surface area contributed by atoms with E-state index >= 15 is 0 Å². The van der Waals surface area contributed by atoms with E-state index in [1.54, 1.807) is 19.1 Å². The largest absolute Gasteiger partial charge is 0.510 e. The first-order valence-corrected chi connectivity index (χ1v) is 13.8. The van der Waals surface area contributed by atoms with Gasteiger partial charge in [-0.3, -0.25) is 33.8 Å². The van der Waals surface area contributed by atoms with Crippen LogP contribution in [-0.4, -0.2) is 96.5 Å². The van der Waals surface area contributed by atoms with Gasteiger partial charge in [0.1, 0.15) is 22.8 Å². The molecule has 6 atom stereocenters. The molecule has 0 saturated heterocycles. The van der Waals surface area contributed by atoms with Crippen molar-refractivity contribution < 1.29 is 49.5 Å². The van der Waals surface area contributed by atoms with Crippen LogP contribution in [0.2, 0.25) is 0 Å². The van der Waals surface area contributed by atoms with Crippen molar-refractivity contribution in [1.29, 1.82) is 0 Å². The Balaban J connectivity index is 1.48. The zero-order valence-electron chi connectivity index (χ0n) is 23.8. The molecule has 0 spiro atoms. The maximum absolute atomic E-state index is 14.1. The number of primary amides is 1. The molecule has 0 saturated carbocycles. The average Bonchev–Trinajstić information content (AvgIpc) is 3.20. The van der Waals surface area contributed by atoms with Crippen LogP contribution in [0.4, 0.5) is 0 Å². The van der Waals surface area contributed by atoms with Crippen LogP contribution in [0.5, 0.6) is 5.75 Å². The number of hydrogen-bond donors (Lipinski definition) is 6. The van der Waals surface area contributed by atoms with E-state index in [4.69, 9.17) is 5.73 Å². The van der Waals surface area contributed by atoms with E-state index in [0.717, 1.165) is 4.90 Å². The van der Waals surface area contributed by atoms with Crippen molar-refractivity contribution in [3.63, 3.8) is 0 Å². The Bertz CT molecular complexity index is 1760. The molecule has 2 aromatic carbocycles. The van der Waals surface area contributed by atoms with Crippen LogP contribution in [0.15, 0.2) is 59.1 Å². The number of aliphatic hydroxyl groups excluding tert-OH is 3. The molecule has 2 aromatic rings. The van der Waals surface area contributed by atoms with E-state index in [-0.39, 0.29) is 34.4 Å². The first-order valence-electron chi connectivity index (χ1n) is 13.8. The number of aliphatic hydroxyl groups is 4. The molecule has 13 heteroatoms. The summed E-state index contributed by atoms with van der Waals surface area (Å²) in [6.45, 7) is 1.23. The van der Waals surface area contributed by atoms with Crippen molar-refractivity contribution in [2.24, 2.45) is 17.6 Å². The van der Waals surface area contributed by atoms with Gasteiger partial charge < -0.3 is 31.3 Å². The van der Waals surface area contributed by atoms with Crippen LogP contribution in [0.1, 0.15) is 55.0 Å². The number of aromatic hydroxyl groups is 1. The molecular formula is C31H29N3O10. The summed E-state index contributed by atoms with van der Waals surface area (Å²) in [4.78, 5) is 67.9. The van der Waals surface area contributed by atoms with Crippen molar-refractivity contribution in [3.05, 3.63) is 86.9 Å². The smallest absolute Gasteiger partial charge is 0.261 e. The minimum atomic E-state index is -3.03. The fourth-order valence-corrected chi connectivity index (χ4v) is 7.35. The van der Waals surface area contributed by atoms with E-state index in [1.165, 1.54) is 43.3 Å². The van der Waals surface area contributed by atoms with Gasteiger partial charge in [-0.25, -0.2) is 0 Å². The number of hydrogen-bond acceptors (Lipinski definition) is 11. The molecule has 0 aromatic heterocycles. The van der Waals surface area contributed by atoms with E-state index < -0.39 is 93.2 Å². The number of phenols is 1. The number of carbonyl (C=O) groups excluding carboxylic acids is 5. The first-order chi connectivity index (χ1) is 20.7. The van der Waals surface area contributed by atoms with Gasteiger partial charge in [0.05, 0.1) is 41.3 Å². The van der Waals surface area contributed by atoms with Crippen LogP contribution in [0.3, 0.4) is 0 Å². The molecule has 3 aliphatic carbocycles. The van der Waals surface area contributed by atoms with E-state index in [2.05, 4.69) is 0 Å². The number of phenolic OH excluding ortho intramolecular Hbond substituents is 1. The molecule has 0 radical (unpaired) electrons. The van der Waals surface area contributed by atoms with Crippen molar-refractivity contribution in [2.45, 2.75) is 37.1 Å². The summed E-state index contributed by atoms with van der Waals surface area (Å²) in [5, 5.41) is 57.3. The zero-order chi connectivity index (χ0) is 32.2. The van der Waals surface area contributed by atoms with Gasteiger partial charge in [0.2, 0.25) is 5.78 Å². The number of nitrogens with two attached hydrogens (primary N) is 1. The third-order valence-corrected chi connectivity index (χ3v) is 9.42. The van der Waals surface area contributed by atoms with Crippen LogP contribution in [0.25, 0.3) is 0 Å². The maximum atomic E-state index is 14.1. The molecule has 0 bridgehead atoms. The number of imide groups is 1. The van der Waals surface area contributed by atoms with Gasteiger partial charge in [-0.05, 0) is 37.7 Å². The summed E-state index contributed by atoms with van der Waals surface area (Å²) < 4.78 is 0. The SMILES string of the molecule is CC1c2ccc(CN3C(=O)c4ccccc4C3=O)c(O)c2C(=O)C2=C(O)C3(O)C(=O)C(C(N)=O)=C(O)C(N(C)C)C3C(O)C21. The Hall–Kier alpha value is -4.85. The van der Waals surface area contributed by atoms with E-state index in [1.807, 2.05) is 0 Å². The normalized spacial score (nSPS) is 29.6. The van der Waals surface area contributed by atoms with Gasteiger partial charge in [0, 0.05) is 17.1 Å². The first kappa shape index (κ1) is 29.2. The van der Waals surface area contributed by atoms with Crippen molar-refractivity contribution in [2.75, 3.05) is 14.1 Å². The summed E-state index contributed by atoms with van der Waals surface area (Å²) >= 11 is 0. The predicted molar refractivity (Wildman–Crippen MR) is 150 cm³/mol. The quantitative estimate of drug-likeness (QED) is 0.208. The lowest BCUT2D eigenvalue weighted by molar-refractivity contribution is -0.162. The lowest BCUT2D eigenvalue weighted by Crippen LogP contribution is -2.68. The Morgan fingerprint density at radius 3 is 2.14 bits per heavy atom. The van der Waals surface area contributed by atoms with Crippen molar-refractivity contribution in [3.8, 4) is 5.75 Å². The molecular weight excluding hydrogens is 574 g/mol. The zero-order valence-corrected chi connectivity index (χ0v) is 23.8. The Morgan fingerprint density at radius 2 is 1.59 bits per heavy atom. The fraction of sp³-hybridized carbons (Fsp3) is 0.323. The average molecular weight is 604 g/mol. The van der Waals surface area contributed by atoms with Gasteiger partial charge in [-0.1, -0.05) is 31.2 Å². The Labute approximate surface area is 250 Å². The summed E-state index contributed by atoms with van der Waals surface area (Å²) in [7, 11) is 2.91. The summed E-state index contributed by atoms with van der Waals surface area (Å²) in [6.07, 6.45) is -1.72. The van der Waals surface area contributed by atoms with Gasteiger partial charge >= 0.3 is 0 Å².